The largest absolute Gasteiger partial charge is 0.508 e. The third-order valence-electron chi connectivity index (χ3n) is 12.4. The number of benzene rings is 1. The minimum atomic E-state index is -1.70. The molecule has 2 saturated heterocycles. The maximum absolute atomic E-state index is 14.8. The highest BCUT2D eigenvalue weighted by molar-refractivity contribution is 5.98. The first kappa shape index (κ1) is 54.3. The Labute approximate surface area is 399 Å². The van der Waals surface area contributed by atoms with Gasteiger partial charge in [-0.15, -0.1) is 0 Å². The number of esters is 1. The molecule has 8 amide bonds. The summed E-state index contributed by atoms with van der Waals surface area (Å²) in [6, 6.07) is -3.06. The number of hydrogen-bond donors (Lipinski definition) is 7. The lowest BCUT2D eigenvalue weighted by Crippen LogP contribution is -2.61. The maximum atomic E-state index is 14.8. The molecule has 2 aliphatic heterocycles. The summed E-state index contributed by atoms with van der Waals surface area (Å²) < 4.78 is 5.92. The Balaban J connectivity index is 1.84. The fourth-order valence-electron chi connectivity index (χ4n) is 8.62. The number of primary amides is 1. The van der Waals surface area contributed by atoms with Crippen molar-refractivity contribution in [3.05, 3.63) is 54.1 Å². The van der Waals surface area contributed by atoms with Gasteiger partial charge in [-0.05, 0) is 86.8 Å². The minimum Gasteiger partial charge on any atom is -0.508 e. The number of ether oxygens (including phenoxy) is 1. The van der Waals surface area contributed by atoms with Crippen LogP contribution in [-0.4, -0.2) is 130 Å². The first-order valence-corrected chi connectivity index (χ1v) is 23.7. The monoisotopic (exact) mass is 949 g/mol. The molecule has 3 aliphatic rings. The lowest BCUT2D eigenvalue weighted by Gasteiger charge is -2.34. The number of cyclic esters (lactones) is 1. The van der Waals surface area contributed by atoms with Crippen molar-refractivity contribution >= 4 is 53.2 Å². The molecule has 1 aromatic rings. The number of nitrogens with zero attached hydrogens (tertiary/aromatic N) is 2. The van der Waals surface area contributed by atoms with Gasteiger partial charge >= 0.3 is 5.97 Å². The van der Waals surface area contributed by atoms with Crippen molar-refractivity contribution in [2.75, 3.05) is 13.6 Å². The number of nitrogens with one attached hydrogen (secondary N) is 5. The molecule has 2 fully saturated rings. The molecular weight excluding hydrogens is 877 g/mol. The van der Waals surface area contributed by atoms with Gasteiger partial charge in [0.15, 0.2) is 0 Å². The molecule has 4 rings (SSSR count). The topological polar surface area (TPSA) is 276 Å². The van der Waals surface area contributed by atoms with Crippen LogP contribution in [0.5, 0.6) is 5.75 Å². The number of phenolic OH excluding ortho intramolecular Hbond substituents is 1. The van der Waals surface area contributed by atoms with Crippen LogP contribution < -0.4 is 32.3 Å². The highest BCUT2D eigenvalue weighted by Gasteiger charge is 2.43. The number of likely N-dealkylation sites (N-methyl/N-ethyl adjacent to an activating group) is 1. The lowest BCUT2D eigenvalue weighted by atomic mass is 9.92. The lowest BCUT2D eigenvalue weighted by molar-refractivity contribution is -0.158. The highest BCUT2D eigenvalue weighted by atomic mass is 16.5. The van der Waals surface area contributed by atoms with E-state index >= 15 is 0 Å². The smallest absolute Gasteiger partial charge is 0.329 e. The predicted molar refractivity (Wildman–Crippen MR) is 251 cm³/mol. The number of carbonyl (C=O) groups is 9. The Morgan fingerprint density at radius 1 is 0.882 bits per heavy atom. The van der Waals surface area contributed by atoms with E-state index in [1.54, 1.807) is 39.8 Å². The van der Waals surface area contributed by atoms with E-state index in [1.165, 1.54) is 35.9 Å². The van der Waals surface area contributed by atoms with Crippen molar-refractivity contribution in [1.82, 2.24) is 36.4 Å². The Morgan fingerprint density at radius 3 is 2.16 bits per heavy atom. The standard InChI is InChI=1S/C49H72N8O11/c1-27(2)23-35-48(66)57-22-12-15-37(57)44(62)52-36(25-31-13-10-9-11-14-31)47(65)56(8)38(26-32-16-18-33(58)19-17-32)45(63)54-41(29(5)6)49(67)68-30(7)42(46(64)53-35)55-43(61)34(20-21-39(50)59)51-40(60)24-28(3)4/h9-11,13,16-19,27-31,34-38,41-42,58H,12,14-15,20-26H2,1-8H3,(H2,50,59)(H,51,60)(H,52,62)(H,53,64)(H,54,63)(H,55,61)/t30-,31?,34+,35+,36+,37-,38+,41+,42+/m1/s1. The van der Waals surface area contributed by atoms with E-state index in [-0.39, 0.29) is 75.0 Å². The van der Waals surface area contributed by atoms with Gasteiger partial charge in [0.1, 0.15) is 54.1 Å². The van der Waals surface area contributed by atoms with Crippen molar-refractivity contribution in [3.8, 4) is 5.75 Å². The first-order valence-electron chi connectivity index (χ1n) is 23.7. The van der Waals surface area contributed by atoms with Crippen molar-refractivity contribution in [2.45, 2.75) is 155 Å². The van der Waals surface area contributed by atoms with Gasteiger partial charge in [-0.3, -0.25) is 38.4 Å². The molecule has 1 aromatic carbocycles. The third kappa shape index (κ3) is 15.7. The summed E-state index contributed by atoms with van der Waals surface area (Å²) in [5.41, 5.74) is 5.97. The number of amides is 8. The second kappa shape index (κ2) is 25.2. The minimum absolute atomic E-state index is 0.0209. The van der Waals surface area contributed by atoms with Gasteiger partial charge < -0.3 is 52.0 Å². The molecule has 19 nitrogen and oxygen atoms in total. The fraction of sp³-hybridized carbons (Fsp3) is 0.612. The molecule has 68 heavy (non-hydrogen) atoms. The average molecular weight is 949 g/mol. The Hall–Kier alpha value is -6.27. The van der Waals surface area contributed by atoms with Gasteiger partial charge in [0.2, 0.25) is 47.3 Å². The van der Waals surface area contributed by atoms with Gasteiger partial charge in [0, 0.05) is 32.9 Å². The number of nitrogens with two attached hydrogens (primary N) is 1. The van der Waals surface area contributed by atoms with Crippen LogP contribution in [0, 0.1) is 23.7 Å². The second-order valence-corrected chi connectivity index (χ2v) is 19.4. The molecular formula is C49H72N8O11. The number of rotatable bonds is 15. The predicted octanol–water partition coefficient (Wildman–Crippen LogP) is 1.66. The molecule has 1 aliphatic carbocycles. The van der Waals surface area contributed by atoms with E-state index in [1.807, 2.05) is 38.2 Å². The quantitative estimate of drug-likeness (QED) is 0.124. The van der Waals surface area contributed by atoms with Crippen LogP contribution in [0.2, 0.25) is 0 Å². The molecule has 9 atom stereocenters. The third-order valence-corrected chi connectivity index (χ3v) is 12.4. The number of hydrogen-bond acceptors (Lipinski definition) is 11. The number of carbonyl (C=O) groups excluding carboxylic acids is 9. The molecule has 1 unspecified atom stereocenters. The molecule has 374 valence electrons. The van der Waals surface area contributed by atoms with Crippen molar-refractivity contribution in [2.24, 2.45) is 29.4 Å². The summed E-state index contributed by atoms with van der Waals surface area (Å²) in [6.45, 7) is 12.1. The first-order chi connectivity index (χ1) is 32.1. The Morgan fingerprint density at radius 2 is 1.56 bits per heavy atom. The summed E-state index contributed by atoms with van der Waals surface area (Å²) in [5, 5.41) is 23.7. The number of allylic oxidation sites excluding steroid dienone is 4. The van der Waals surface area contributed by atoms with Crippen molar-refractivity contribution in [3.63, 3.8) is 0 Å². The summed E-state index contributed by atoms with van der Waals surface area (Å²) in [6.07, 6.45) is 7.14. The van der Waals surface area contributed by atoms with Crippen LogP contribution >= 0.6 is 0 Å². The zero-order valence-electron chi connectivity index (χ0n) is 40.6. The van der Waals surface area contributed by atoms with Gasteiger partial charge in [-0.25, -0.2) is 4.79 Å². The normalized spacial score (nSPS) is 26.0. The summed E-state index contributed by atoms with van der Waals surface area (Å²) in [7, 11) is 1.43. The highest BCUT2D eigenvalue weighted by Crippen LogP contribution is 2.25. The summed E-state index contributed by atoms with van der Waals surface area (Å²) >= 11 is 0. The molecule has 8 N–H and O–H groups in total. The van der Waals surface area contributed by atoms with Crippen molar-refractivity contribution in [1.29, 1.82) is 0 Å². The Bertz CT molecular complexity index is 2050. The van der Waals surface area contributed by atoms with Gasteiger partial charge in [0.05, 0.1) is 0 Å². The van der Waals surface area contributed by atoms with Gasteiger partial charge in [-0.2, -0.15) is 0 Å². The summed E-state index contributed by atoms with van der Waals surface area (Å²) in [4.78, 5) is 129. The second-order valence-electron chi connectivity index (χ2n) is 19.4. The van der Waals surface area contributed by atoms with Gasteiger partial charge in [0.25, 0.3) is 0 Å². The van der Waals surface area contributed by atoms with Crippen LogP contribution in [0.15, 0.2) is 48.6 Å². The SMILES string of the molecule is CC(C)CC(=O)N[C@@H](CCC(N)=O)C(=O)N[C@@H]1C(=O)N[C@@H](CC(C)C)C(=O)N2CCC[C@@H]2C(=O)N[C@@H](CC2C=CC=CC2)C(=O)N(C)[C@@H](Cc2ccc(O)cc2)C(=O)N[C@@H](C(C)C)C(=O)O[C@@H]1C. The molecule has 19 heteroatoms. The van der Waals surface area contributed by atoms with Crippen LogP contribution in [0.4, 0.5) is 0 Å². The van der Waals surface area contributed by atoms with Crippen LogP contribution in [0.1, 0.15) is 105 Å². The van der Waals surface area contributed by atoms with E-state index in [9.17, 15) is 48.3 Å². The summed E-state index contributed by atoms with van der Waals surface area (Å²) in [5.74, 6) is -7.64. The molecule has 0 aromatic heterocycles. The Kier molecular flexibility index (Phi) is 20.1. The van der Waals surface area contributed by atoms with E-state index in [4.69, 9.17) is 10.5 Å². The molecule has 0 saturated carbocycles. The van der Waals surface area contributed by atoms with E-state index in [2.05, 4.69) is 26.6 Å². The number of aromatic hydroxyl groups is 1. The number of fused-ring (bicyclic) bond motifs is 1. The molecule has 2 heterocycles. The zero-order chi connectivity index (χ0) is 50.4. The van der Waals surface area contributed by atoms with Crippen LogP contribution in [0.3, 0.4) is 0 Å². The zero-order valence-corrected chi connectivity index (χ0v) is 40.6. The van der Waals surface area contributed by atoms with E-state index in [0.717, 1.165) is 0 Å². The molecule has 0 radical (unpaired) electrons. The average Bonchev–Trinajstić information content (AvgIpc) is 3.77. The fourth-order valence-corrected chi connectivity index (χ4v) is 8.62. The van der Waals surface area contributed by atoms with E-state index < -0.39 is 108 Å². The van der Waals surface area contributed by atoms with Crippen LogP contribution in [0.25, 0.3) is 0 Å². The molecule has 0 spiro atoms. The van der Waals surface area contributed by atoms with E-state index in [0.29, 0.717) is 18.4 Å². The maximum Gasteiger partial charge on any atom is 0.329 e. The van der Waals surface area contributed by atoms with Crippen molar-refractivity contribution < 1.29 is 53.0 Å². The number of phenols is 1. The van der Waals surface area contributed by atoms with Gasteiger partial charge in [-0.1, -0.05) is 78.0 Å². The van der Waals surface area contributed by atoms with Crippen LogP contribution in [-0.2, 0) is 54.3 Å². The molecule has 0 bridgehead atoms.